The first-order valence-corrected chi connectivity index (χ1v) is 5.31. The normalized spacial score (nSPS) is 10.3. The van der Waals surface area contributed by atoms with E-state index in [9.17, 15) is 4.79 Å². The molecule has 0 atom stereocenters. The second kappa shape index (κ2) is 4.40. The number of hydrogen-bond acceptors (Lipinski definition) is 3. The van der Waals surface area contributed by atoms with Gasteiger partial charge in [-0.3, -0.25) is 15.1 Å². The van der Waals surface area contributed by atoms with Gasteiger partial charge in [-0.15, -0.1) is 0 Å². The highest BCUT2D eigenvalue weighted by Gasteiger charge is 2.16. The lowest BCUT2D eigenvalue weighted by Crippen LogP contribution is -2.38. The van der Waals surface area contributed by atoms with E-state index in [-0.39, 0.29) is 11.9 Å². The average Bonchev–Trinajstić information content (AvgIpc) is 2.79. The van der Waals surface area contributed by atoms with Crippen LogP contribution in [0.1, 0.15) is 10.5 Å². The molecule has 0 aliphatic rings. The number of H-pyrrole nitrogens is 1. The maximum atomic E-state index is 12.0. The number of aromatic amines is 1. The molecule has 0 aliphatic heterocycles. The fourth-order valence-electron chi connectivity index (χ4n) is 1.64. The van der Waals surface area contributed by atoms with E-state index >= 15 is 0 Å². The van der Waals surface area contributed by atoms with Crippen LogP contribution >= 0.6 is 0 Å². The van der Waals surface area contributed by atoms with Crippen LogP contribution in [0.4, 0.5) is 0 Å². The monoisotopic (exact) mass is 246 g/mol. The lowest BCUT2D eigenvalue weighted by atomic mass is 10.2. The highest BCUT2D eigenvalue weighted by Crippen LogP contribution is 2.21. The van der Waals surface area contributed by atoms with Crippen molar-refractivity contribution in [3.05, 3.63) is 30.0 Å². The van der Waals surface area contributed by atoms with Crippen LogP contribution in [0.15, 0.2) is 24.3 Å². The molecule has 2 rings (SSSR count). The number of guanidine groups is 1. The van der Waals surface area contributed by atoms with Crippen LogP contribution in [0.25, 0.3) is 10.9 Å². The predicted octanol–water partition coefficient (Wildman–Crippen LogP) is 1.14. The number of amides is 1. The molecule has 6 nitrogen and oxygen atoms in total. The van der Waals surface area contributed by atoms with E-state index in [1.807, 2.05) is 12.1 Å². The number of nitrogens with one attached hydrogen (secondary N) is 2. The van der Waals surface area contributed by atoms with E-state index in [1.165, 1.54) is 7.05 Å². The second-order valence-corrected chi connectivity index (χ2v) is 3.89. The molecule has 0 spiro atoms. The van der Waals surface area contributed by atoms with Crippen molar-refractivity contribution in [2.75, 3.05) is 14.2 Å². The van der Waals surface area contributed by atoms with Crippen LogP contribution in [-0.2, 0) is 0 Å². The standard InChI is InChI=1S/C12H14N4O2/c1-16(12(13)14)11(17)10-5-7-3-4-8(18-2)6-9(7)15-10/h3-6,15H,1-2H3,(H3,13,14). The first-order valence-electron chi connectivity index (χ1n) is 5.31. The third kappa shape index (κ3) is 2.00. The van der Waals surface area contributed by atoms with Crippen molar-refractivity contribution in [3.63, 3.8) is 0 Å². The quantitative estimate of drug-likeness (QED) is 0.547. The molecule has 0 saturated carbocycles. The van der Waals surface area contributed by atoms with Crippen LogP contribution < -0.4 is 10.5 Å². The van der Waals surface area contributed by atoms with Gasteiger partial charge in [0.15, 0.2) is 5.96 Å². The molecule has 1 amide bonds. The molecule has 1 aromatic heterocycles. The third-order valence-corrected chi connectivity index (χ3v) is 2.73. The van der Waals surface area contributed by atoms with E-state index in [0.717, 1.165) is 15.8 Å². The Morgan fingerprint density at radius 1 is 1.44 bits per heavy atom. The van der Waals surface area contributed by atoms with Gasteiger partial charge in [0.05, 0.1) is 7.11 Å². The van der Waals surface area contributed by atoms with Crippen LogP contribution in [0.2, 0.25) is 0 Å². The molecule has 1 aromatic carbocycles. The molecule has 1 heterocycles. The molecule has 6 heteroatoms. The lowest BCUT2D eigenvalue weighted by molar-refractivity contribution is 0.0864. The first-order chi connectivity index (χ1) is 8.52. The number of benzene rings is 1. The zero-order valence-corrected chi connectivity index (χ0v) is 10.2. The second-order valence-electron chi connectivity index (χ2n) is 3.89. The topological polar surface area (TPSA) is 95.2 Å². The summed E-state index contributed by atoms with van der Waals surface area (Å²) < 4.78 is 5.11. The van der Waals surface area contributed by atoms with E-state index < -0.39 is 0 Å². The Hall–Kier alpha value is -2.50. The summed E-state index contributed by atoms with van der Waals surface area (Å²) in [7, 11) is 3.04. The lowest BCUT2D eigenvalue weighted by Gasteiger charge is -2.12. The molecular weight excluding hydrogens is 232 g/mol. The minimum Gasteiger partial charge on any atom is -0.497 e. The Kier molecular flexibility index (Phi) is 2.93. The highest BCUT2D eigenvalue weighted by atomic mass is 16.5. The Balaban J connectivity index is 2.41. The number of ether oxygens (including phenoxy) is 1. The summed E-state index contributed by atoms with van der Waals surface area (Å²) in [4.78, 5) is 16.0. The molecule has 0 fully saturated rings. The Labute approximate surface area is 104 Å². The average molecular weight is 246 g/mol. The zero-order chi connectivity index (χ0) is 13.3. The molecule has 94 valence electrons. The van der Waals surface area contributed by atoms with Gasteiger partial charge in [-0.25, -0.2) is 0 Å². The van der Waals surface area contributed by atoms with Crippen molar-refractivity contribution in [1.29, 1.82) is 5.41 Å². The molecule has 0 unspecified atom stereocenters. The number of carbonyl (C=O) groups excluding carboxylic acids is 1. The SMILES string of the molecule is COc1ccc2cc(C(=O)N(C)C(=N)N)[nH]c2c1. The molecule has 0 bridgehead atoms. The van der Waals surface area contributed by atoms with Crippen LogP contribution in [0.5, 0.6) is 5.75 Å². The van der Waals surface area contributed by atoms with E-state index in [1.54, 1.807) is 19.2 Å². The Bertz CT molecular complexity index is 618. The predicted molar refractivity (Wildman–Crippen MR) is 68.9 cm³/mol. The number of hydrogen-bond donors (Lipinski definition) is 3. The van der Waals surface area contributed by atoms with Gasteiger partial charge in [-0.05, 0) is 18.2 Å². The maximum absolute atomic E-state index is 12.0. The van der Waals surface area contributed by atoms with Gasteiger partial charge < -0.3 is 15.5 Å². The highest BCUT2D eigenvalue weighted by molar-refractivity contribution is 6.05. The summed E-state index contributed by atoms with van der Waals surface area (Å²) >= 11 is 0. The number of carbonyl (C=O) groups is 1. The molecule has 18 heavy (non-hydrogen) atoms. The summed E-state index contributed by atoms with van der Waals surface area (Å²) in [6.07, 6.45) is 0. The Morgan fingerprint density at radius 3 is 2.78 bits per heavy atom. The number of fused-ring (bicyclic) bond motifs is 1. The maximum Gasteiger partial charge on any atom is 0.276 e. The van der Waals surface area contributed by atoms with Crippen molar-refractivity contribution in [3.8, 4) is 5.75 Å². The Morgan fingerprint density at radius 2 is 2.17 bits per heavy atom. The van der Waals surface area contributed by atoms with Crippen LogP contribution in [0, 0.1) is 5.41 Å². The number of nitrogens with zero attached hydrogens (tertiary/aromatic N) is 1. The molecular formula is C12H14N4O2. The van der Waals surface area contributed by atoms with Gasteiger partial charge in [-0.2, -0.15) is 0 Å². The minimum atomic E-state index is -0.349. The van der Waals surface area contributed by atoms with E-state index in [0.29, 0.717) is 11.4 Å². The van der Waals surface area contributed by atoms with E-state index in [4.69, 9.17) is 15.9 Å². The number of methoxy groups -OCH3 is 1. The summed E-state index contributed by atoms with van der Waals surface area (Å²) in [5.74, 6) is 0.0668. The van der Waals surface area contributed by atoms with Gasteiger partial charge in [0.2, 0.25) is 0 Å². The van der Waals surface area contributed by atoms with E-state index in [2.05, 4.69) is 4.98 Å². The smallest absolute Gasteiger partial charge is 0.276 e. The van der Waals surface area contributed by atoms with Gasteiger partial charge in [0, 0.05) is 24.0 Å². The number of nitrogens with two attached hydrogens (primary N) is 1. The molecule has 2 aromatic rings. The first kappa shape index (κ1) is 12.0. The number of rotatable bonds is 2. The van der Waals surface area contributed by atoms with Gasteiger partial charge >= 0.3 is 0 Å². The van der Waals surface area contributed by atoms with Gasteiger partial charge in [-0.1, -0.05) is 0 Å². The summed E-state index contributed by atoms with van der Waals surface area (Å²) in [6.45, 7) is 0. The summed E-state index contributed by atoms with van der Waals surface area (Å²) in [5, 5.41) is 8.13. The van der Waals surface area contributed by atoms with Gasteiger partial charge in [0.25, 0.3) is 5.91 Å². The molecule has 0 saturated heterocycles. The van der Waals surface area contributed by atoms with Crippen molar-refractivity contribution in [2.24, 2.45) is 5.73 Å². The zero-order valence-electron chi connectivity index (χ0n) is 10.2. The fourth-order valence-corrected chi connectivity index (χ4v) is 1.64. The van der Waals surface area contributed by atoms with Gasteiger partial charge in [0.1, 0.15) is 11.4 Å². The van der Waals surface area contributed by atoms with Crippen molar-refractivity contribution < 1.29 is 9.53 Å². The fraction of sp³-hybridized carbons (Fsp3) is 0.167. The minimum absolute atomic E-state index is 0.295. The van der Waals surface area contributed by atoms with Crippen molar-refractivity contribution in [2.45, 2.75) is 0 Å². The van der Waals surface area contributed by atoms with Crippen molar-refractivity contribution in [1.82, 2.24) is 9.88 Å². The van der Waals surface area contributed by atoms with Crippen LogP contribution in [-0.4, -0.2) is 35.9 Å². The van der Waals surface area contributed by atoms with Crippen molar-refractivity contribution >= 4 is 22.8 Å². The summed E-state index contributed by atoms with van der Waals surface area (Å²) in [6, 6.07) is 7.20. The number of aromatic nitrogens is 1. The largest absolute Gasteiger partial charge is 0.497 e. The summed E-state index contributed by atoms with van der Waals surface area (Å²) in [5.41, 5.74) is 6.45. The molecule has 4 N–H and O–H groups in total. The molecule has 0 aliphatic carbocycles. The molecule has 0 radical (unpaired) electrons. The third-order valence-electron chi connectivity index (χ3n) is 2.73. The van der Waals surface area contributed by atoms with Crippen LogP contribution in [0.3, 0.4) is 0 Å².